The SMILES string of the molecule is COCC(=O)NCC1(c2ccc(Cl)cc2F)CC1. The molecule has 0 atom stereocenters. The second-order valence-corrected chi connectivity index (χ2v) is 5.05. The lowest BCUT2D eigenvalue weighted by Gasteiger charge is -2.17. The van der Waals surface area contributed by atoms with Crippen molar-refractivity contribution < 1.29 is 13.9 Å². The van der Waals surface area contributed by atoms with Gasteiger partial charge in [0.2, 0.25) is 5.91 Å². The number of hydrogen-bond acceptors (Lipinski definition) is 2. The number of methoxy groups -OCH3 is 1. The third-order valence-corrected chi connectivity index (χ3v) is 3.49. The molecule has 0 saturated heterocycles. The van der Waals surface area contributed by atoms with Crippen LogP contribution in [0.15, 0.2) is 18.2 Å². The second-order valence-electron chi connectivity index (χ2n) is 4.61. The molecule has 1 fully saturated rings. The van der Waals surface area contributed by atoms with Gasteiger partial charge in [-0.05, 0) is 30.5 Å². The van der Waals surface area contributed by atoms with E-state index in [1.165, 1.54) is 13.2 Å². The van der Waals surface area contributed by atoms with Gasteiger partial charge in [0, 0.05) is 24.1 Å². The quantitative estimate of drug-likeness (QED) is 0.892. The van der Waals surface area contributed by atoms with E-state index < -0.39 is 0 Å². The first kappa shape index (κ1) is 13.3. The third kappa shape index (κ3) is 2.82. The van der Waals surface area contributed by atoms with Gasteiger partial charge >= 0.3 is 0 Å². The molecule has 1 aromatic carbocycles. The smallest absolute Gasteiger partial charge is 0.246 e. The van der Waals surface area contributed by atoms with E-state index in [1.54, 1.807) is 12.1 Å². The summed E-state index contributed by atoms with van der Waals surface area (Å²) < 4.78 is 18.6. The first-order valence-electron chi connectivity index (χ1n) is 5.78. The zero-order valence-electron chi connectivity index (χ0n) is 10.1. The van der Waals surface area contributed by atoms with Crippen molar-refractivity contribution in [3.8, 4) is 0 Å². The number of carbonyl (C=O) groups excluding carboxylic acids is 1. The van der Waals surface area contributed by atoms with Crippen molar-refractivity contribution in [1.82, 2.24) is 5.32 Å². The van der Waals surface area contributed by atoms with Crippen molar-refractivity contribution in [1.29, 1.82) is 0 Å². The minimum atomic E-state index is -0.305. The van der Waals surface area contributed by atoms with Crippen molar-refractivity contribution in [2.24, 2.45) is 0 Å². The molecule has 1 aromatic rings. The molecule has 3 nitrogen and oxygen atoms in total. The Bertz CT molecular complexity index is 460. The fourth-order valence-electron chi connectivity index (χ4n) is 2.06. The van der Waals surface area contributed by atoms with Gasteiger partial charge in [0.25, 0.3) is 0 Å². The summed E-state index contributed by atoms with van der Waals surface area (Å²) in [5.74, 6) is -0.487. The lowest BCUT2D eigenvalue weighted by atomic mass is 9.95. The van der Waals surface area contributed by atoms with E-state index in [1.807, 2.05) is 0 Å². The zero-order valence-corrected chi connectivity index (χ0v) is 10.9. The highest BCUT2D eigenvalue weighted by Crippen LogP contribution is 2.48. The molecule has 0 unspecified atom stereocenters. The largest absolute Gasteiger partial charge is 0.375 e. The topological polar surface area (TPSA) is 38.3 Å². The molecule has 2 rings (SSSR count). The standard InChI is InChI=1S/C13H15ClFNO2/c1-18-7-12(17)16-8-13(4-5-13)10-3-2-9(14)6-11(10)15/h2-3,6H,4-5,7-8H2,1H3,(H,16,17). The van der Waals surface area contributed by atoms with E-state index in [2.05, 4.69) is 5.32 Å². The van der Waals surface area contributed by atoms with Crippen LogP contribution in [0.5, 0.6) is 0 Å². The lowest BCUT2D eigenvalue weighted by Crippen LogP contribution is -2.34. The van der Waals surface area contributed by atoms with Crippen LogP contribution in [0.4, 0.5) is 4.39 Å². The van der Waals surface area contributed by atoms with Crippen LogP contribution in [0.25, 0.3) is 0 Å². The van der Waals surface area contributed by atoms with Crippen LogP contribution >= 0.6 is 11.6 Å². The maximum Gasteiger partial charge on any atom is 0.246 e. The van der Waals surface area contributed by atoms with Crippen LogP contribution in [0.3, 0.4) is 0 Å². The number of benzene rings is 1. The Morgan fingerprint density at radius 3 is 2.83 bits per heavy atom. The zero-order chi connectivity index (χ0) is 13.2. The number of nitrogens with one attached hydrogen (secondary N) is 1. The summed E-state index contributed by atoms with van der Waals surface area (Å²) in [5.41, 5.74) is 0.363. The van der Waals surface area contributed by atoms with Gasteiger partial charge in [0.05, 0.1) is 0 Å². The summed E-state index contributed by atoms with van der Waals surface area (Å²) in [4.78, 5) is 11.3. The molecule has 5 heteroatoms. The van der Waals surface area contributed by atoms with E-state index in [4.69, 9.17) is 16.3 Å². The van der Waals surface area contributed by atoms with Crippen LogP contribution in [0.1, 0.15) is 18.4 Å². The molecule has 1 N–H and O–H groups in total. The minimum Gasteiger partial charge on any atom is -0.375 e. The molecule has 0 aromatic heterocycles. The van der Waals surface area contributed by atoms with E-state index in [0.717, 1.165) is 12.8 Å². The highest BCUT2D eigenvalue weighted by molar-refractivity contribution is 6.30. The van der Waals surface area contributed by atoms with Gasteiger partial charge in [-0.2, -0.15) is 0 Å². The number of halogens is 2. The summed E-state index contributed by atoms with van der Waals surface area (Å²) in [6.45, 7) is 0.465. The van der Waals surface area contributed by atoms with Crippen molar-refractivity contribution in [2.75, 3.05) is 20.3 Å². The van der Waals surface area contributed by atoms with E-state index in [0.29, 0.717) is 17.1 Å². The molecular weight excluding hydrogens is 257 g/mol. The van der Waals surface area contributed by atoms with Crippen LogP contribution in [0, 0.1) is 5.82 Å². The van der Waals surface area contributed by atoms with Gasteiger partial charge in [-0.1, -0.05) is 17.7 Å². The van der Waals surface area contributed by atoms with Crippen molar-refractivity contribution in [2.45, 2.75) is 18.3 Å². The van der Waals surface area contributed by atoms with Crippen LogP contribution < -0.4 is 5.32 Å². The van der Waals surface area contributed by atoms with E-state index in [9.17, 15) is 9.18 Å². The molecule has 0 bridgehead atoms. The van der Waals surface area contributed by atoms with Gasteiger partial charge in [-0.25, -0.2) is 4.39 Å². The normalized spacial score (nSPS) is 16.4. The summed E-state index contributed by atoms with van der Waals surface area (Å²) in [5, 5.41) is 3.15. The molecule has 1 saturated carbocycles. The van der Waals surface area contributed by atoms with Gasteiger partial charge < -0.3 is 10.1 Å². The van der Waals surface area contributed by atoms with Crippen molar-refractivity contribution in [3.05, 3.63) is 34.6 Å². The molecule has 98 valence electrons. The Kier molecular flexibility index (Phi) is 3.88. The number of ether oxygens (including phenoxy) is 1. The van der Waals surface area contributed by atoms with Gasteiger partial charge in [0.15, 0.2) is 0 Å². The number of amides is 1. The van der Waals surface area contributed by atoms with Gasteiger partial charge in [0.1, 0.15) is 12.4 Å². The molecule has 1 aliphatic rings. The van der Waals surface area contributed by atoms with Gasteiger partial charge in [-0.15, -0.1) is 0 Å². The fraction of sp³-hybridized carbons (Fsp3) is 0.462. The molecular formula is C13H15ClFNO2. The van der Waals surface area contributed by atoms with Crippen molar-refractivity contribution >= 4 is 17.5 Å². The van der Waals surface area contributed by atoms with Crippen LogP contribution in [-0.2, 0) is 14.9 Å². The monoisotopic (exact) mass is 271 g/mol. The Morgan fingerprint density at radius 1 is 1.56 bits per heavy atom. The Balaban J connectivity index is 2.05. The van der Waals surface area contributed by atoms with Crippen LogP contribution in [-0.4, -0.2) is 26.2 Å². The average Bonchev–Trinajstić information content (AvgIpc) is 3.08. The maximum absolute atomic E-state index is 13.8. The number of rotatable bonds is 5. The average molecular weight is 272 g/mol. The summed E-state index contributed by atoms with van der Waals surface area (Å²) in [6.07, 6.45) is 1.75. The van der Waals surface area contributed by atoms with Crippen molar-refractivity contribution in [3.63, 3.8) is 0 Å². The van der Waals surface area contributed by atoms with E-state index in [-0.39, 0.29) is 23.7 Å². The summed E-state index contributed by atoms with van der Waals surface area (Å²) in [6, 6.07) is 4.69. The van der Waals surface area contributed by atoms with Gasteiger partial charge in [-0.3, -0.25) is 4.79 Å². The highest BCUT2D eigenvalue weighted by Gasteiger charge is 2.46. The predicted octanol–water partition coefficient (Wildman–Crippen LogP) is 2.27. The van der Waals surface area contributed by atoms with E-state index >= 15 is 0 Å². The first-order chi connectivity index (χ1) is 8.57. The number of hydrogen-bond donors (Lipinski definition) is 1. The lowest BCUT2D eigenvalue weighted by molar-refractivity contribution is -0.124. The summed E-state index contributed by atoms with van der Waals surface area (Å²) >= 11 is 5.73. The Labute approximate surface area is 110 Å². The molecule has 0 aliphatic heterocycles. The molecule has 1 aliphatic carbocycles. The molecule has 0 radical (unpaired) electrons. The van der Waals surface area contributed by atoms with Crippen LogP contribution in [0.2, 0.25) is 5.02 Å². The summed E-state index contributed by atoms with van der Waals surface area (Å²) in [7, 11) is 1.46. The fourth-order valence-corrected chi connectivity index (χ4v) is 2.22. The number of carbonyl (C=O) groups is 1. The highest BCUT2D eigenvalue weighted by atomic mass is 35.5. The molecule has 0 heterocycles. The Morgan fingerprint density at radius 2 is 2.28 bits per heavy atom. The maximum atomic E-state index is 13.8. The molecule has 1 amide bonds. The minimum absolute atomic E-state index is 0.0270. The first-order valence-corrected chi connectivity index (χ1v) is 6.16. The second kappa shape index (κ2) is 5.24. The molecule has 0 spiro atoms. The predicted molar refractivity (Wildman–Crippen MR) is 67.2 cm³/mol. The molecule has 18 heavy (non-hydrogen) atoms. The Hall–Kier alpha value is -1.13. The third-order valence-electron chi connectivity index (χ3n) is 3.26.